The van der Waals surface area contributed by atoms with Gasteiger partial charge < -0.3 is 9.13 Å². The van der Waals surface area contributed by atoms with E-state index in [0.29, 0.717) is 29.1 Å². The fourth-order valence-electron chi connectivity index (χ4n) is 12.3. The van der Waals surface area contributed by atoms with Crippen LogP contribution in [-0.4, -0.2) is 9.13 Å². The molecular weight excluding hydrogens is 1030 g/mol. The summed E-state index contributed by atoms with van der Waals surface area (Å²) in [6.45, 7) is 8.27. The van der Waals surface area contributed by atoms with Crippen LogP contribution in [0.5, 0.6) is 0 Å². The molecule has 11 aromatic carbocycles. The second-order valence-corrected chi connectivity index (χ2v) is 21.2. The second kappa shape index (κ2) is 19.7. The van der Waals surface area contributed by atoms with Gasteiger partial charge in [-0.1, -0.05) is 133 Å². The highest BCUT2D eigenvalue weighted by atomic mass is 19.4. The molecule has 398 valence electrons. The average molecular weight is 1080 g/mol. The summed E-state index contributed by atoms with van der Waals surface area (Å²) in [6, 6.07) is 71.9. The van der Waals surface area contributed by atoms with Gasteiger partial charge in [0.2, 0.25) is 0 Å². The summed E-state index contributed by atoms with van der Waals surface area (Å²) in [4.78, 5) is 0. The molecule has 0 saturated heterocycles. The Balaban J connectivity index is 1.12. The quantitative estimate of drug-likeness (QED) is 0.140. The molecule has 9 heteroatoms. The highest BCUT2D eigenvalue weighted by Crippen LogP contribution is 2.48. The first-order valence-corrected chi connectivity index (χ1v) is 26.9. The number of aryl methyl sites for hydroxylation is 4. The van der Waals surface area contributed by atoms with Crippen LogP contribution in [0, 0.1) is 39.0 Å². The number of hydrogen-bond acceptors (Lipinski definition) is 1. The van der Waals surface area contributed by atoms with Gasteiger partial charge in [0, 0.05) is 43.9 Å². The molecule has 82 heavy (non-hydrogen) atoms. The molecule has 0 radical (unpaired) electrons. The molecular formula is C73H49F6N3. The SMILES string of the molecule is Cc1ccccc1-c1ccc2c(c1)c1cc(-c3ccccc3C)ccc1n2-c1ccc(C#N)c(-c2cc(-c3c(C(F)(F)F)cccc3C(F)(F)F)ccc2-n2c3ccc(-c4ccccc4C)cc3c3cc(-c4ccccc4C)ccc32)c1. The predicted molar refractivity (Wildman–Crippen MR) is 321 cm³/mol. The minimum absolute atomic E-state index is 0.163. The summed E-state index contributed by atoms with van der Waals surface area (Å²) in [5, 5.41) is 14.9. The molecule has 2 aromatic heterocycles. The molecule has 0 unspecified atom stereocenters. The van der Waals surface area contributed by atoms with Crippen LogP contribution >= 0.6 is 0 Å². The van der Waals surface area contributed by atoms with Gasteiger partial charge in [-0.05, 0) is 191 Å². The van der Waals surface area contributed by atoms with E-state index >= 15 is 26.3 Å². The Labute approximate surface area is 469 Å². The lowest BCUT2D eigenvalue weighted by Crippen LogP contribution is -2.14. The van der Waals surface area contributed by atoms with Crippen LogP contribution in [0.3, 0.4) is 0 Å². The first-order chi connectivity index (χ1) is 39.5. The number of nitrogens with zero attached hydrogens (tertiary/aromatic N) is 3. The molecule has 0 aliphatic rings. The summed E-state index contributed by atoms with van der Waals surface area (Å²) in [5.41, 5.74) is 13.4. The Kier molecular flexibility index (Phi) is 12.4. The Morgan fingerprint density at radius 1 is 0.329 bits per heavy atom. The molecule has 0 saturated carbocycles. The van der Waals surface area contributed by atoms with Gasteiger partial charge in [-0.25, -0.2) is 0 Å². The molecule has 13 aromatic rings. The minimum atomic E-state index is -5.15. The zero-order valence-corrected chi connectivity index (χ0v) is 45.0. The van der Waals surface area contributed by atoms with Crippen LogP contribution in [0.2, 0.25) is 0 Å². The highest BCUT2D eigenvalue weighted by molar-refractivity contribution is 6.14. The molecule has 0 bridgehead atoms. The highest BCUT2D eigenvalue weighted by Gasteiger charge is 2.41. The van der Waals surface area contributed by atoms with Crippen LogP contribution in [0.15, 0.2) is 224 Å². The van der Waals surface area contributed by atoms with Crippen molar-refractivity contribution in [3.8, 4) is 84.2 Å². The monoisotopic (exact) mass is 1080 g/mol. The average Bonchev–Trinajstić information content (AvgIpc) is 3.37. The fraction of sp³-hybridized carbons (Fsp3) is 0.0822. The van der Waals surface area contributed by atoms with Gasteiger partial charge in [-0.15, -0.1) is 0 Å². The van der Waals surface area contributed by atoms with E-state index in [2.05, 4.69) is 135 Å². The van der Waals surface area contributed by atoms with Gasteiger partial charge in [-0.2, -0.15) is 31.6 Å². The Hall–Kier alpha value is -9.91. The number of benzene rings is 11. The number of hydrogen-bond donors (Lipinski definition) is 0. The van der Waals surface area contributed by atoms with E-state index in [1.807, 2.05) is 89.5 Å². The first-order valence-electron chi connectivity index (χ1n) is 26.9. The van der Waals surface area contributed by atoms with Crippen molar-refractivity contribution < 1.29 is 26.3 Å². The van der Waals surface area contributed by atoms with Crippen molar-refractivity contribution >= 4 is 43.6 Å². The molecule has 2 heterocycles. The van der Waals surface area contributed by atoms with Gasteiger partial charge in [0.15, 0.2) is 0 Å². The van der Waals surface area contributed by atoms with Gasteiger partial charge in [0.05, 0.1) is 50.5 Å². The minimum Gasteiger partial charge on any atom is -0.309 e. The summed E-state index contributed by atoms with van der Waals surface area (Å²) < 4.78 is 95.2. The fourth-order valence-corrected chi connectivity index (χ4v) is 12.3. The summed E-state index contributed by atoms with van der Waals surface area (Å²) in [6.07, 6.45) is -10.3. The van der Waals surface area contributed by atoms with E-state index < -0.39 is 29.0 Å². The number of rotatable bonds is 8. The largest absolute Gasteiger partial charge is 0.417 e. The normalized spacial score (nSPS) is 12.0. The third-order valence-electron chi connectivity index (χ3n) is 16.2. The topological polar surface area (TPSA) is 33.6 Å². The van der Waals surface area contributed by atoms with Crippen molar-refractivity contribution in [1.82, 2.24) is 9.13 Å². The van der Waals surface area contributed by atoms with Gasteiger partial charge >= 0.3 is 12.4 Å². The maximum absolute atomic E-state index is 15.2. The van der Waals surface area contributed by atoms with Crippen molar-refractivity contribution in [3.05, 3.63) is 263 Å². The molecule has 0 aliphatic heterocycles. The number of alkyl halides is 6. The summed E-state index contributed by atoms with van der Waals surface area (Å²) >= 11 is 0. The molecule has 0 atom stereocenters. The molecule has 0 amide bonds. The molecule has 0 N–H and O–H groups in total. The smallest absolute Gasteiger partial charge is 0.309 e. The standard InChI is InChI=1S/C73H49F6N3/c1-43-14-5-9-18-54(43)47-25-31-66-60(36-47)61-37-48(55-19-10-6-15-44(55)2)26-32-67(61)81(66)53-30-24-52(42-80)58(41-53)59-40-51(71-64(72(74,75)76)22-13-23-65(71)73(77,78)79)29-35-68(59)82-69-33-27-49(56-20-11-7-16-45(56)3)38-62(69)63-39-50(28-34-70(63)82)57-21-12-8-17-46(57)4/h5-41H,1-4H3. The summed E-state index contributed by atoms with van der Waals surface area (Å²) in [5.74, 6) is 0. The maximum atomic E-state index is 15.2. The van der Waals surface area contributed by atoms with E-state index in [1.165, 1.54) is 12.1 Å². The number of halogens is 6. The summed E-state index contributed by atoms with van der Waals surface area (Å²) in [7, 11) is 0. The molecule has 0 aliphatic carbocycles. The number of fused-ring (bicyclic) bond motifs is 6. The van der Waals surface area contributed by atoms with E-state index in [0.717, 1.165) is 116 Å². The number of nitriles is 1. The third-order valence-corrected chi connectivity index (χ3v) is 16.2. The maximum Gasteiger partial charge on any atom is 0.417 e. The molecule has 0 fully saturated rings. The van der Waals surface area contributed by atoms with E-state index in [1.54, 1.807) is 12.1 Å². The Morgan fingerprint density at radius 3 is 1.06 bits per heavy atom. The van der Waals surface area contributed by atoms with Crippen molar-refractivity contribution in [2.45, 2.75) is 40.0 Å². The Bertz CT molecular complexity index is 4560. The van der Waals surface area contributed by atoms with Crippen LogP contribution < -0.4 is 0 Å². The zero-order chi connectivity index (χ0) is 56.8. The predicted octanol–water partition coefficient (Wildman–Crippen LogP) is 21.0. The lowest BCUT2D eigenvalue weighted by Gasteiger charge is -2.22. The first kappa shape index (κ1) is 51.5. The number of aromatic nitrogens is 2. The van der Waals surface area contributed by atoms with Crippen molar-refractivity contribution in [2.24, 2.45) is 0 Å². The van der Waals surface area contributed by atoms with Crippen molar-refractivity contribution in [3.63, 3.8) is 0 Å². The second-order valence-electron chi connectivity index (χ2n) is 21.2. The lowest BCUT2D eigenvalue weighted by molar-refractivity contribution is -0.142. The van der Waals surface area contributed by atoms with Gasteiger partial charge in [-0.3, -0.25) is 0 Å². The van der Waals surface area contributed by atoms with Gasteiger partial charge in [0.1, 0.15) is 0 Å². The molecule has 0 spiro atoms. The van der Waals surface area contributed by atoms with Crippen LogP contribution in [0.1, 0.15) is 38.9 Å². The van der Waals surface area contributed by atoms with Crippen LogP contribution in [0.25, 0.3) is 122 Å². The van der Waals surface area contributed by atoms with Crippen molar-refractivity contribution in [1.29, 1.82) is 5.26 Å². The molecule has 3 nitrogen and oxygen atoms in total. The van der Waals surface area contributed by atoms with E-state index in [9.17, 15) is 5.26 Å². The van der Waals surface area contributed by atoms with E-state index in [-0.39, 0.29) is 16.7 Å². The zero-order valence-electron chi connectivity index (χ0n) is 45.0. The Morgan fingerprint density at radius 2 is 0.695 bits per heavy atom. The third kappa shape index (κ3) is 8.70. The van der Waals surface area contributed by atoms with Crippen molar-refractivity contribution in [2.75, 3.05) is 0 Å². The molecule has 13 rings (SSSR count). The van der Waals surface area contributed by atoms with Crippen LogP contribution in [-0.2, 0) is 12.4 Å². The van der Waals surface area contributed by atoms with E-state index in [4.69, 9.17) is 0 Å². The lowest BCUT2D eigenvalue weighted by atomic mass is 9.89. The van der Waals surface area contributed by atoms with Gasteiger partial charge in [0.25, 0.3) is 0 Å². The van der Waals surface area contributed by atoms with Crippen LogP contribution in [0.4, 0.5) is 26.3 Å².